The van der Waals surface area contributed by atoms with Crippen molar-refractivity contribution in [3.05, 3.63) is 41.1 Å². The molecule has 0 atom stereocenters. The Morgan fingerprint density at radius 1 is 1.33 bits per heavy atom. The quantitative estimate of drug-likeness (QED) is 0.782. The van der Waals surface area contributed by atoms with E-state index in [2.05, 4.69) is 21.4 Å². The zero-order valence-electron chi connectivity index (χ0n) is 10.2. The van der Waals surface area contributed by atoms with Crippen molar-refractivity contribution < 1.29 is 4.42 Å². The van der Waals surface area contributed by atoms with Crippen molar-refractivity contribution in [2.45, 2.75) is 20.4 Å². The Morgan fingerprint density at radius 2 is 2.22 bits per heavy atom. The van der Waals surface area contributed by atoms with Crippen molar-refractivity contribution in [3.8, 4) is 0 Å². The van der Waals surface area contributed by atoms with Crippen LogP contribution in [0.5, 0.6) is 0 Å². The average molecular weight is 259 g/mol. The van der Waals surface area contributed by atoms with Crippen LogP contribution in [0.3, 0.4) is 0 Å². The summed E-state index contributed by atoms with van der Waals surface area (Å²) in [4.78, 5) is 8.59. The number of nitrogens with one attached hydrogen (secondary N) is 1. The Kier molecular flexibility index (Phi) is 2.76. The number of nitrogens with zero attached hydrogens (tertiary/aromatic N) is 2. The fraction of sp³-hybridized carbons (Fsp3) is 0.231. The van der Waals surface area contributed by atoms with Gasteiger partial charge in [0.25, 0.3) is 0 Å². The molecule has 18 heavy (non-hydrogen) atoms. The van der Waals surface area contributed by atoms with E-state index in [1.54, 1.807) is 11.3 Å². The normalized spacial score (nSPS) is 11.0. The van der Waals surface area contributed by atoms with Gasteiger partial charge in [0.2, 0.25) is 5.89 Å². The van der Waals surface area contributed by atoms with Crippen molar-refractivity contribution in [2.75, 3.05) is 5.32 Å². The van der Waals surface area contributed by atoms with Gasteiger partial charge in [-0.25, -0.2) is 9.97 Å². The predicted octanol–water partition coefficient (Wildman–Crippen LogP) is 3.51. The molecule has 5 heteroatoms. The van der Waals surface area contributed by atoms with Crippen molar-refractivity contribution in [1.29, 1.82) is 0 Å². The number of hydrogen-bond acceptors (Lipinski definition) is 5. The monoisotopic (exact) mass is 259 g/mol. The largest absolute Gasteiger partial charge is 0.444 e. The molecule has 0 saturated heterocycles. The molecule has 0 aliphatic carbocycles. The molecular formula is C13H13N3OS. The van der Waals surface area contributed by atoms with Gasteiger partial charge in [0.05, 0.1) is 28.0 Å². The minimum atomic E-state index is 0.596. The zero-order chi connectivity index (χ0) is 12.5. The van der Waals surface area contributed by atoms with Gasteiger partial charge in [0.15, 0.2) is 0 Å². The Morgan fingerprint density at radius 3 is 3.00 bits per heavy atom. The molecular weight excluding hydrogens is 246 g/mol. The van der Waals surface area contributed by atoms with E-state index in [9.17, 15) is 0 Å². The Balaban J connectivity index is 1.76. The Hall–Kier alpha value is -1.88. The summed E-state index contributed by atoms with van der Waals surface area (Å²) >= 11 is 1.64. The lowest BCUT2D eigenvalue weighted by Crippen LogP contribution is -1.99. The molecule has 2 aromatic heterocycles. The third kappa shape index (κ3) is 2.09. The van der Waals surface area contributed by atoms with Crippen molar-refractivity contribution in [2.24, 2.45) is 0 Å². The number of fused-ring (bicyclic) bond motifs is 1. The number of thiazole rings is 1. The van der Waals surface area contributed by atoms with E-state index >= 15 is 0 Å². The third-order valence-electron chi connectivity index (χ3n) is 2.85. The summed E-state index contributed by atoms with van der Waals surface area (Å²) in [6.45, 7) is 4.47. The number of benzene rings is 1. The molecule has 2 heterocycles. The SMILES string of the molecule is Cc1nc(CNc2ccc3ncsc3c2)oc1C. The first-order valence-electron chi connectivity index (χ1n) is 5.72. The summed E-state index contributed by atoms with van der Waals surface area (Å²) in [6, 6.07) is 6.13. The average Bonchev–Trinajstić information content (AvgIpc) is 2.94. The van der Waals surface area contributed by atoms with E-state index in [-0.39, 0.29) is 0 Å². The molecule has 0 saturated carbocycles. The van der Waals surface area contributed by atoms with Crippen LogP contribution in [0.15, 0.2) is 28.1 Å². The molecule has 4 nitrogen and oxygen atoms in total. The topological polar surface area (TPSA) is 51.0 Å². The van der Waals surface area contributed by atoms with Gasteiger partial charge in [-0.1, -0.05) is 0 Å². The summed E-state index contributed by atoms with van der Waals surface area (Å²) in [5.41, 5.74) is 4.90. The van der Waals surface area contributed by atoms with Gasteiger partial charge in [-0.05, 0) is 32.0 Å². The van der Waals surface area contributed by atoms with Gasteiger partial charge in [-0.3, -0.25) is 0 Å². The summed E-state index contributed by atoms with van der Waals surface area (Å²) in [6.07, 6.45) is 0. The van der Waals surface area contributed by atoms with Gasteiger partial charge >= 0.3 is 0 Å². The molecule has 0 aliphatic rings. The van der Waals surface area contributed by atoms with Crippen molar-refractivity contribution in [3.63, 3.8) is 0 Å². The van der Waals surface area contributed by atoms with Crippen LogP contribution in [0.25, 0.3) is 10.2 Å². The fourth-order valence-electron chi connectivity index (χ4n) is 1.76. The van der Waals surface area contributed by atoms with Crippen LogP contribution in [0.1, 0.15) is 17.3 Å². The Bertz CT molecular complexity index is 667. The second-order valence-corrected chi connectivity index (χ2v) is 5.02. The van der Waals surface area contributed by atoms with Crippen LogP contribution >= 0.6 is 11.3 Å². The third-order valence-corrected chi connectivity index (χ3v) is 3.64. The van der Waals surface area contributed by atoms with Crippen LogP contribution < -0.4 is 5.32 Å². The van der Waals surface area contributed by atoms with Crippen molar-refractivity contribution in [1.82, 2.24) is 9.97 Å². The van der Waals surface area contributed by atoms with Crippen LogP contribution in [-0.4, -0.2) is 9.97 Å². The van der Waals surface area contributed by atoms with E-state index in [0.717, 1.165) is 28.5 Å². The van der Waals surface area contributed by atoms with E-state index < -0.39 is 0 Å². The first-order chi connectivity index (χ1) is 8.72. The maximum absolute atomic E-state index is 5.53. The highest BCUT2D eigenvalue weighted by atomic mass is 32.1. The molecule has 0 amide bonds. The second kappa shape index (κ2) is 4.42. The first kappa shape index (κ1) is 11.2. The van der Waals surface area contributed by atoms with E-state index in [1.807, 2.05) is 31.5 Å². The van der Waals surface area contributed by atoms with Gasteiger partial charge < -0.3 is 9.73 Å². The molecule has 0 spiro atoms. The molecule has 0 aliphatic heterocycles. The number of aromatic nitrogens is 2. The molecule has 0 fully saturated rings. The number of oxazole rings is 1. The molecule has 1 N–H and O–H groups in total. The van der Waals surface area contributed by atoms with E-state index in [4.69, 9.17) is 4.42 Å². The van der Waals surface area contributed by atoms with Gasteiger partial charge in [0.1, 0.15) is 5.76 Å². The highest BCUT2D eigenvalue weighted by molar-refractivity contribution is 7.16. The smallest absolute Gasteiger partial charge is 0.213 e. The molecule has 92 valence electrons. The highest BCUT2D eigenvalue weighted by Crippen LogP contribution is 2.22. The number of anilines is 1. The summed E-state index contributed by atoms with van der Waals surface area (Å²) in [7, 11) is 0. The van der Waals surface area contributed by atoms with E-state index in [1.165, 1.54) is 4.70 Å². The lowest BCUT2D eigenvalue weighted by atomic mass is 10.3. The maximum Gasteiger partial charge on any atom is 0.213 e. The summed E-state index contributed by atoms with van der Waals surface area (Å²) in [5.74, 6) is 1.60. The standard InChI is InChI=1S/C13H13N3OS/c1-8-9(2)17-13(16-8)6-14-10-3-4-11-12(5-10)18-7-15-11/h3-5,7,14H,6H2,1-2H3. The minimum absolute atomic E-state index is 0.596. The lowest BCUT2D eigenvalue weighted by molar-refractivity contribution is 0.478. The van der Waals surface area contributed by atoms with Crippen LogP contribution in [0.2, 0.25) is 0 Å². The second-order valence-electron chi connectivity index (χ2n) is 4.14. The lowest BCUT2D eigenvalue weighted by Gasteiger charge is -2.03. The van der Waals surface area contributed by atoms with Crippen LogP contribution in [0, 0.1) is 13.8 Å². The summed E-state index contributed by atoms with van der Waals surface area (Å²) in [5, 5.41) is 3.31. The minimum Gasteiger partial charge on any atom is -0.444 e. The molecule has 0 radical (unpaired) electrons. The zero-order valence-corrected chi connectivity index (χ0v) is 11.0. The first-order valence-corrected chi connectivity index (χ1v) is 6.60. The molecule has 0 unspecified atom stereocenters. The fourth-order valence-corrected chi connectivity index (χ4v) is 2.47. The predicted molar refractivity (Wildman–Crippen MR) is 72.9 cm³/mol. The van der Waals surface area contributed by atoms with Gasteiger partial charge in [-0.2, -0.15) is 0 Å². The highest BCUT2D eigenvalue weighted by Gasteiger charge is 2.05. The van der Waals surface area contributed by atoms with Gasteiger partial charge in [0, 0.05) is 5.69 Å². The van der Waals surface area contributed by atoms with E-state index in [0.29, 0.717) is 6.54 Å². The van der Waals surface area contributed by atoms with Gasteiger partial charge in [-0.15, -0.1) is 11.3 Å². The number of rotatable bonds is 3. The summed E-state index contributed by atoms with van der Waals surface area (Å²) < 4.78 is 6.71. The Labute approximate surface area is 109 Å². The molecule has 1 aromatic carbocycles. The van der Waals surface area contributed by atoms with Crippen LogP contribution in [0.4, 0.5) is 5.69 Å². The maximum atomic E-state index is 5.53. The van der Waals surface area contributed by atoms with Crippen LogP contribution in [-0.2, 0) is 6.54 Å². The molecule has 0 bridgehead atoms. The number of aryl methyl sites for hydroxylation is 2. The van der Waals surface area contributed by atoms with Crippen molar-refractivity contribution >= 4 is 27.2 Å². The molecule has 3 rings (SSSR count). The number of hydrogen-bond donors (Lipinski definition) is 1. The molecule has 3 aromatic rings.